The molecule has 37 heavy (non-hydrogen) atoms. The molecule has 3 amide bonds. The molecule has 198 valence electrons. The molecule has 4 rings (SSSR count). The molecule has 0 spiro atoms. The van der Waals surface area contributed by atoms with Crippen LogP contribution < -0.4 is 20.3 Å². The lowest BCUT2D eigenvalue weighted by atomic mass is 10.0. The van der Waals surface area contributed by atoms with E-state index in [9.17, 15) is 19.2 Å². The Kier molecular flexibility index (Phi) is 9.31. The van der Waals surface area contributed by atoms with E-state index in [-0.39, 0.29) is 24.2 Å². The molecular formula is C26H31N3O8. The molecule has 1 saturated carbocycles. The maximum absolute atomic E-state index is 13.4. The maximum atomic E-state index is 13.4. The van der Waals surface area contributed by atoms with Crippen LogP contribution in [0.1, 0.15) is 67.1 Å². The molecule has 2 aromatic rings. The van der Waals surface area contributed by atoms with Crippen molar-refractivity contribution in [2.24, 2.45) is 0 Å². The van der Waals surface area contributed by atoms with Gasteiger partial charge < -0.3 is 24.3 Å². The molecule has 1 fully saturated rings. The van der Waals surface area contributed by atoms with Crippen molar-refractivity contribution in [2.75, 3.05) is 19.0 Å². The van der Waals surface area contributed by atoms with Crippen molar-refractivity contribution in [3.8, 4) is 11.5 Å². The van der Waals surface area contributed by atoms with Gasteiger partial charge >= 0.3 is 12.1 Å². The Morgan fingerprint density at radius 2 is 1.84 bits per heavy atom. The normalized spacial score (nSPS) is 13.9. The average Bonchev–Trinajstić information content (AvgIpc) is 3.71. The number of benzene rings is 2. The highest BCUT2D eigenvalue weighted by Crippen LogP contribution is 2.39. The number of amides is 3. The van der Waals surface area contributed by atoms with Crippen molar-refractivity contribution in [1.82, 2.24) is 10.4 Å². The second-order valence-corrected chi connectivity index (χ2v) is 8.45. The lowest BCUT2D eigenvalue weighted by Gasteiger charge is -2.28. The number of carbonyl (C=O) groups is 4. The number of hydrogen-bond acceptors (Lipinski definition) is 7. The summed E-state index contributed by atoms with van der Waals surface area (Å²) in [6, 6.07) is 9.13. The zero-order valence-electron chi connectivity index (χ0n) is 21.0. The zero-order valence-corrected chi connectivity index (χ0v) is 21.0. The van der Waals surface area contributed by atoms with Crippen molar-refractivity contribution >= 4 is 29.6 Å². The van der Waals surface area contributed by atoms with Crippen LogP contribution in [0.2, 0.25) is 0 Å². The van der Waals surface area contributed by atoms with Crippen LogP contribution in [0.25, 0.3) is 0 Å². The molecule has 2 aromatic carbocycles. The Labute approximate surface area is 214 Å². The van der Waals surface area contributed by atoms with Gasteiger partial charge in [-0.1, -0.05) is 37.5 Å². The Morgan fingerprint density at radius 1 is 1.11 bits per heavy atom. The first-order valence-corrected chi connectivity index (χ1v) is 11.9. The van der Waals surface area contributed by atoms with Crippen molar-refractivity contribution in [1.29, 1.82) is 0 Å². The summed E-state index contributed by atoms with van der Waals surface area (Å²) in [4.78, 5) is 54.3. The number of rotatable bonds is 8. The minimum Gasteiger partial charge on any atom is -0.493 e. The van der Waals surface area contributed by atoms with E-state index in [1.165, 1.54) is 37.3 Å². The predicted molar refractivity (Wildman–Crippen MR) is 133 cm³/mol. The van der Waals surface area contributed by atoms with Gasteiger partial charge in [-0.05, 0) is 36.2 Å². The van der Waals surface area contributed by atoms with Crippen LogP contribution in [-0.2, 0) is 21.0 Å². The van der Waals surface area contributed by atoms with Gasteiger partial charge in [0.2, 0.25) is 0 Å². The van der Waals surface area contributed by atoms with Gasteiger partial charge in [-0.15, -0.1) is 0 Å². The van der Waals surface area contributed by atoms with Gasteiger partial charge in [-0.2, -0.15) is 5.48 Å². The number of fused-ring (bicyclic) bond motifs is 1. The first kappa shape index (κ1) is 27.3. The summed E-state index contributed by atoms with van der Waals surface area (Å²) in [5.41, 5.74) is 3.63. The minimum absolute atomic E-state index is 0.144. The average molecular weight is 514 g/mol. The SMILES string of the molecule is C1CC1.CCOc1cc([C@@H](CC(=O)NOC(C)=O)N2Cc3cccc(NC(=O)O)c3C2=O)ccc1OC. The Bertz CT molecular complexity index is 1160. The fraction of sp³-hybridized carbons (Fsp3) is 0.385. The van der Waals surface area contributed by atoms with Crippen LogP contribution in [0.15, 0.2) is 36.4 Å². The van der Waals surface area contributed by atoms with Crippen molar-refractivity contribution in [3.63, 3.8) is 0 Å². The van der Waals surface area contributed by atoms with E-state index in [0.717, 1.165) is 6.92 Å². The molecule has 0 radical (unpaired) electrons. The highest BCUT2D eigenvalue weighted by Gasteiger charge is 2.37. The quantitative estimate of drug-likeness (QED) is 0.449. The Morgan fingerprint density at radius 3 is 2.43 bits per heavy atom. The standard InChI is InChI=1S/C23H25N3O8.C3H6/c1-4-33-19-10-14(8-9-18(19)32-3)17(11-20(28)25-34-13(2)27)26-12-15-6-5-7-16(24-23(30)31)21(15)22(26)29;1-2-3-1/h5-10,17,24H,4,11-12H2,1-3H3,(H,25,28)(H,30,31);1-3H2/t17-;/m1./s1. The largest absolute Gasteiger partial charge is 0.493 e. The van der Waals surface area contributed by atoms with E-state index < -0.39 is 29.9 Å². The lowest BCUT2D eigenvalue weighted by molar-refractivity contribution is -0.156. The third kappa shape index (κ3) is 7.35. The topological polar surface area (TPSA) is 144 Å². The number of nitrogens with zero attached hydrogens (tertiary/aromatic N) is 1. The van der Waals surface area contributed by atoms with E-state index in [1.54, 1.807) is 30.3 Å². The number of ether oxygens (including phenoxy) is 2. The van der Waals surface area contributed by atoms with E-state index in [2.05, 4.69) is 15.6 Å². The number of carbonyl (C=O) groups excluding carboxylic acids is 3. The van der Waals surface area contributed by atoms with Crippen LogP contribution >= 0.6 is 0 Å². The molecule has 2 aliphatic rings. The summed E-state index contributed by atoms with van der Waals surface area (Å²) in [7, 11) is 1.50. The highest BCUT2D eigenvalue weighted by atomic mass is 16.7. The lowest BCUT2D eigenvalue weighted by Crippen LogP contribution is -2.35. The van der Waals surface area contributed by atoms with Gasteiger partial charge in [-0.3, -0.25) is 19.7 Å². The van der Waals surface area contributed by atoms with Gasteiger partial charge in [0.1, 0.15) is 0 Å². The molecule has 1 atom stereocenters. The van der Waals surface area contributed by atoms with Gasteiger partial charge in [-0.25, -0.2) is 4.79 Å². The van der Waals surface area contributed by atoms with E-state index >= 15 is 0 Å². The monoisotopic (exact) mass is 513 g/mol. The van der Waals surface area contributed by atoms with Crippen LogP contribution in [0.4, 0.5) is 10.5 Å². The molecule has 3 N–H and O–H groups in total. The first-order chi connectivity index (χ1) is 17.7. The number of hydroxylamine groups is 1. The molecule has 0 unspecified atom stereocenters. The zero-order chi connectivity index (χ0) is 26.9. The minimum atomic E-state index is -1.30. The second kappa shape index (κ2) is 12.6. The van der Waals surface area contributed by atoms with Crippen molar-refractivity contribution in [2.45, 2.75) is 52.1 Å². The highest BCUT2D eigenvalue weighted by molar-refractivity contribution is 6.06. The fourth-order valence-corrected chi connectivity index (χ4v) is 3.78. The van der Waals surface area contributed by atoms with Crippen LogP contribution in [-0.4, -0.2) is 47.6 Å². The van der Waals surface area contributed by atoms with Crippen LogP contribution in [0.5, 0.6) is 11.5 Å². The Balaban J connectivity index is 0.00000118. The molecule has 1 heterocycles. The fourth-order valence-electron chi connectivity index (χ4n) is 3.78. The predicted octanol–water partition coefficient (Wildman–Crippen LogP) is 4.04. The van der Waals surface area contributed by atoms with Crippen LogP contribution in [0.3, 0.4) is 0 Å². The summed E-state index contributed by atoms with van der Waals surface area (Å²) < 4.78 is 11.0. The van der Waals surface area contributed by atoms with Gasteiger partial charge in [0, 0.05) is 13.5 Å². The third-order valence-corrected chi connectivity index (χ3v) is 5.50. The maximum Gasteiger partial charge on any atom is 0.409 e. The molecule has 0 saturated heterocycles. The molecule has 1 aliphatic heterocycles. The summed E-state index contributed by atoms with van der Waals surface area (Å²) in [5.74, 6) is -0.843. The summed E-state index contributed by atoms with van der Waals surface area (Å²) >= 11 is 0. The molecule has 11 heteroatoms. The molecule has 0 aromatic heterocycles. The second-order valence-electron chi connectivity index (χ2n) is 8.45. The van der Waals surface area contributed by atoms with Gasteiger partial charge in [0.15, 0.2) is 11.5 Å². The van der Waals surface area contributed by atoms with Crippen molar-refractivity contribution in [3.05, 3.63) is 53.1 Å². The van der Waals surface area contributed by atoms with E-state index in [1.807, 2.05) is 6.92 Å². The summed E-state index contributed by atoms with van der Waals surface area (Å²) in [6.07, 6.45) is 2.97. The summed E-state index contributed by atoms with van der Waals surface area (Å²) in [6.45, 7) is 3.47. The number of hydrogen-bond donors (Lipinski definition) is 3. The molecule has 1 aliphatic carbocycles. The summed E-state index contributed by atoms with van der Waals surface area (Å²) in [5, 5.41) is 11.4. The number of carboxylic acid groups (broad SMARTS) is 1. The first-order valence-electron chi connectivity index (χ1n) is 11.9. The molecule has 0 bridgehead atoms. The van der Waals surface area contributed by atoms with Gasteiger partial charge in [0.25, 0.3) is 11.8 Å². The van der Waals surface area contributed by atoms with E-state index in [0.29, 0.717) is 29.2 Å². The Hall–Kier alpha value is -4.28. The number of methoxy groups -OCH3 is 1. The van der Waals surface area contributed by atoms with Crippen LogP contribution in [0, 0.1) is 0 Å². The number of nitrogens with one attached hydrogen (secondary N) is 2. The molecule has 11 nitrogen and oxygen atoms in total. The smallest absolute Gasteiger partial charge is 0.409 e. The van der Waals surface area contributed by atoms with Crippen molar-refractivity contribution < 1.29 is 38.6 Å². The van der Waals surface area contributed by atoms with Gasteiger partial charge in [0.05, 0.1) is 37.4 Å². The molecular weight excluding hydrogens is 482 g/mol. The number of anilines is 1. The third-order valence-electron chi connectivity index (χ3n) is 5.50. The van der Waals surface area contributed by atoms with E-state index in [4.69, 9.17) is 14.6 Å².